The van der Waals surface area contributed by atoms with Crippen molar-refractivity contribution in [1.82, 2.24) is 0 Å². The number of hydrogen-bond donors (Lipinski definition) is 0. The normalized spacial score (nSPS) is 17.1. The average molecular weight is 248 g/mol. The minimum Gasteiger partial charge on any atom is -0.469 e. The van der Waals surface area contributed by atoms with Crippen LogP contribution in [0.25, 0.3) is 0 Å². The molecule has 0 unspecified atom stereocenters. The SMILES string of the molecule is COC(=O)CCC1(c2cc(C)ccc2C)COC1. The van der Waals surface area contributed by atoms with Crippen LogP contribution in [-0.4, -0.2) is 26.3 Å². The molecule has 0 amide bonds. The smallest absolute Gasteiger partial charge is 0.305 e. The van der Waals surface area contributed by atoms with Crippen LogP contribution in [0.3, 0.4) is 0 Å². The predicted octanol–water partition coefficient (Wildman–Crippen LogP) is 2.52. The number of benzene rings is 1. The van der Waals surface area contributed by atoms with E-state index in [2.05, 4.69) is 32.0 Å². The molecule has 3 nitrogen and oxygen atoms in total. The van der Waals surface area contributed by atoms with Gasteiger partial charge in [0.25, 0.3) is 0 Å². The van der Waals surface area contributed by atoms with Gasteiger partial charge in [0.05, 0.1) is 20.3 Å². The van der Waals surface area contributed by atoms with Crippen LogP contribution in [0.2, 0.25) is 0 Å². The molecule has 1 heterocycles. The predicted molar refractivity (Wildman–Crippen MR) is 69.7 cm³/mol. The van der Waals surface area contributed by atoms with Gasteiger partial charge in [0.15, 0.2) is 0 Å². The summed E-state index contributed by atoms with van der Waals surface area (Å²) in [5.74, 6) is -0.147. The van der Waals surface area contributed by atoms with Crippen LogP contribution < -0.4 is 0 Å². The van der Waals surface area contributed by atoms with E-state index >= 15 is 0 Å². The maximum Gasteiger partial charge on any atom is 0.305 e. The van der Waals surface area contributed by atoms with Gasteiger partial charge in [-0.25, -0.2) is 0 Å². The first kappa shape index (κ1) is 13.1. The summed E-state index contributed by atoms with van der Waals surface area (Å²) in [6.45, 7) is 5.62. The monoisotopic (exact) mass is 248 g/mol. The van der Waals surface area contributed by atoms with E-state index in [-0.39, 0.29) is 11.4 Å². The molecule has 1 aliphatic heterocycles. The van der Waals surface area contributed by atoms with E-state index in [4.69, 9.17) is 9.47 Å². The Morgan fingerprint density at radius 1 is 1.39 bits per heavy atom. The van der Waals surface area contributed by atoms with Crippen molar-refractivity contribution in [3.63, 3.8) is 0 Å². The molecule has 1 aromatic carbocycles. The Bertz CT molecular complexity index is 447. The highest BCUT2D eigenvalue weighted by Crippen LogP contribution is 2.39. The Balaban J connectivity index is 2.21. The van der Waals surface area contributed by atoms with Crippen LogP contribution in [-0.2, 0) is 19.7 Å². The molecule has 0 N–H and O–H groups in total. The Morgan fingerprint density at radius 3 is 2.67 bits per heavy atom. The highest BCUT2D eigenvalue weighted by Gasteiger charge is 2.41. The summed E-state index contributed by atoms with van der Waals surface area (Å²) in [5.41, 5.74) is 3.84. The Morgan fingerprint density at radius 2 is 2.11 bits per heavy atom. The summed E-state index contributed by atoms with van der Waals surface area (Å²) in [4.78, 5) is 11.3. The van der Waals surface area contributed by atoms with Gasteiger partial charge >= 0.3 is 5.97 Å². The molecule has 1 aliphatic rings. The third-order valence-corrected chi connectivity index (χ3v) is 3.76. The topological polar surface area (TPSA) is 35.5 Å². The minimum absolute atomic E-state index is 0.00426. The molecule has 0 spiro atoms. The number of methoxy groups -OCH3 is 1. The maximum absolute atomic E-state index is 11.3. The minimum atomic E-state index is -0.147. The van der Waals surface area contributed by atoms with E-state index in [1.807, 2.05) is 0 Å². The van der Waals surface area contributed by atoms with Gasteiger partial charge in [-0.2, -0.15) is 0 Å². The first-order chi connectivity index (χ1) is 8.57. The second-order valence-corrected chi connectivity index (χ2v) is 5.17. The number of esters is 1. The standard InChI is InChI=1S/C15H20O3/c1-11-4-5-12(2)13(8-11)15(9-18-10-15)7-6-14(16)17-3/h4-5,8H,6-7,9-10H2,1-3H3. The molecule has 18 heavy (non-hydrogen) atoms. The maximum atomic E-state index is 11.3. The molecule has 1 aromatic rings. The largest absolute Gasteiger partial charge is 0.469 e. The number of carbonyl (C=O) groups is 1. The Labute approximate surface area is 108 Å². The van der Waals surface area contributed by atoms with E-state index in [0.717, 1.165) is 6.42 Å². The quantitative estimate of drug-likeness (QED) is 0.768. The zero-order chi connectivity index (χ0) is 13.2. The van der Waals surface area contributed by atoms with Gasteiger partial charge in [0.1, 0.15) is 0 Å². The molecule has 2 rings (SSSR count). The fraction of sp³-hybridized carbons (Fsp3) is 0.533. The lowest BCUT2D eigenvalue weighted by molar-refractivity contribution is -0.142. The number of hydrogen-bond acceptors (Lipinski definition) is 3. The van der Waals surface area contributed by atoms with Gasteiger partial charge in [0.2, 0.25) is 0 Å². The zero-order valence-electron chi connectivity index (χ0n) is 11.3. The number of ether oxygens (including phenoxy) is 2. The molecule has 3 heteroatoms. The van der Waals surface area contributed by atoms with Gasteiger partial charge in [-0.1, -0.05) is 23.8 Å². The Kier molecular flexibility index (Phi) is 3.71. The number of carbonyl (C=O) groups excluding carboxylic acids is 1. The highest BCUT2D eigenvalue weighted by atomic mass is 16.5. The molecule has 98 valence electrons. The van der Waals surface area contributed by atoms with E-state index in [1.165, 1.54) is 23.8 Å². The second kappa shape index (κ2) is 5.11. The van der Waals surface area contributed by atoms with Crippen molar-refractivity contribution in [3.05, 3.63) is 34.9 Å². The van der Waals surface area contributed by atoms with E-state index in [0.29, 0.717) is 19.6 Å². The van der Waals surface area contributed by atoms with Gasteiger partial charge in [0, 0.05) is 11.8 Å². The van der Waals surface area contributed by atoms with E-state index < -0.39 is 0 Å². The van der Waals surface area contributed by atoms with Crippen molar-refractivity contribution < 1.29 is 14.3 Å². The van der Waals surface area contributed by atoms with Crippen LogP contribution in [0, 0.1) is 13.8 Å². The van der Waals surface area contributed by atoms with Crippen LogP contribution in [0.5, 0.6) is 0 Å². The third-order valence-electron chi connectivity index (χ3n) is 3.76. The summed E-state index contributed by atoms with van der Waals surface area (Å²) < 4.78 is 10.1. The summed E-state index contributed by atoms with van der Waals surface area (Å²) in [6, 6.07) is 6.48. The van der Waals surface area contributed by atoms with Crippen LogP contribution in [0.4, 0.5) is 0 Å². The van der Waals surface area contributed by atoms with Crippen LogP contribution in [0.15, 0.2) is 18.2 Å². The van der Waals surface area contributed by atoms with Crippen LogP contribution >= 0.6 is 0 Å². The summed E-state index contributed by atoms with van der Waals surface area (Å²) in [6.07, 6.45) is 1.25. The average Bonchev–Trinajstić information content (AvgIpc) is 2.31. The van der Waals surface area contributed by atoms with Crippen molar-refractivity contribution in [3.8, 4) is 0 Å². The molecule has 0 saturated carbocycles. The molecule has 0 bridgehead atoms. The molecular weight excluding hydrogens is 228 g/mol. The van der Waals surface area contributed by atoms with E-state index in [9.17, 15) is 4.79 Å². The molecular formula is C15H20O3. The first-order valence-corrected chi connectivity index (χ1v) is 6.30. The van der Waals surface area contributed by atoms with Crippen molar-refractivity contribution in [1.29, 1.82) is 0 Å². The Hall–Kier alpha value is -1.35. The highest BCUT2D eigenvalue weighted by molar-refractivity contribution is 5.69. The lowest BCUT2D eigenvalue weighted by Crippen LogP contribution is -2.47. The van der Waals surface area contributed by atoms with Crippen molar-refractivity contribution in [2.75, 3.05) is 20.3 Å². The summed E-state index contributed by atoms with van der Waals surface area (Å²) >= 11 is 0. The van der Waals surface area contributed by atoms with Gasteiger partial charge < -0.3 is 9.47 Å². The fourth-order valence-electron chi connectivity index (χ4n) is 2.53. The van der Waals surface area contributed by atoms with E-state index in [1.54, 1.807) is 0 Å². The number of rotatable bonds is 4. The van der Waals surface area contributed by atoms with Crippen LogP contribution in [0.1, 0.15) is 29.5 Å². The molecule has 0 aromatic heterocycles. The van der Waals surface area contributed by atoms with Crippen molar-refractivity contribution in [2.45, 2.75) is 32.1 Å². The van der Waals surface area contributed by atoms with Gasteiger partial charge in [-0.15, -0.1) is 0 Å². The molecule has 0 aliphatic carbocycles. The fourth-order valence-corrected chi connectivity index (χ4v) is 2.53. The summed E-state index contributed by atoms with van der Waals surface area (Å²) in [5, 5.41) is 0. The summed E-state index contributed by atoms with van der Waals surface area (Å²) in [7, 11) is 1.43. The molecule has 0 radical (unpaired) electrons. The van der Waals surface area contributed by atoms with Gasteiger partial charge in [-0.3, -0.25) is 4.79 Å². The van der Waals surface area contributed by atoms with Gasteiger partial charge in [-0.05, 0) is 31.4 Å². The lowest BCUT2D eigenvalue weighted by Gasteiger charge is -2.43. The van der Waals surface area contributed by atoms with Crippen molar-refractivity contribution in [2.24, 2.45) is 0 Å². The number of aryl methyl sites for hydroxylation is 2. The van der Waals surface area contributed by atoms with Crippen molar-refractivity contribution >= 4 is 5.97 Å². The zero-order valence-corrected chi connectivity index (χ0v) is 11.3. The molecule has 1 saturated heterocycles. The second-order valence-electron chi connectivity index (χ2n) is 5.17. The molecule has 0 atom stereocenters. The first-order valence-electron chi connectivity index (χ1n) is 6.30. The third kappa shape index (κ3) is 2.41. The molecule has 1 fully saturated rings. The lowest BCUT2D eigenvalue weighted by atomic mass is 9.73.